The van der Waals surface area contributed by atoms with Gasteiger partial charge in [-0.25, -0.2) is 0 Å². The van der Waals surface area contributed by atoms with E-state index in [1.54, 1.807) is 23.2 Å². The number of hydrogen-bond donors (Lipinski definition) is 1. The summed E-state index contributed by atoms with van der Waals surface area (Å²) < 4.78 is 29.4. The van der Waals surface area contributed by atoms with Gasteiger partial charge in [-0.05, 0) is 17.9 Å². The second kappa shape index (κ2) is 7.67. The van der Waals surface area contributed by atoms with E-state index in [0.29, 0.717) is 13.1 Å². The molecule has 2 heterocycles. The van der Waals surface area contributed by atoms with Gasteiger partial charge in [-0.1, -0.05) is 19.9 Å². The van der Waals surface area contributed by atoms with Gasteiger partial charge in [0, 0.05) is 45.5 Å². The maximum atomic E-state index is 12.6. The Morgan fingerprint density at radius 1 is 1.32 bits per heavy atom. The number of hydrogen-bond acceptors (Lipinski definition) is 4. The van der Waals surface area contributed by atoms with Crippen LogP contribution >= 0.6 is 0 Å². The molecule has 1 amide bonds. The van der Waals surface area contributed by atoms with Crippen LogP contribution < -0.4 is 10.3 Å². The molecule has 0 aliphatic carbocycles. The van der Waals surface area contributed by atoms with Crippen molar-refractivity contribution in [2.75, 3.05) is 27.2 Å². The summed E-state index contributed by atoms with van der Waals surface area (Å²) in [6, 6.07) is 4.38. The zero-order valence-electron chi connectivity index (χ0n) is 15.0. The van der Waals surface area contributed by atoms with E-state index in [1.807, 2.05) is 13.8 Å². The Morgan fingerprint density at radius 3 is 2.56 bits per heavy atom. The molecule has 8 nitrogen and oxygen atoms in total. The summed E-state index contributed by atoms with van der Waals surface area (Å²) in [7, 11) is -0.643. The van der Waals surface area contributed by atoms with Gasteiger partial charge < -0.3 is 9.47 Å². The summed E-state index contributed by atoms with van der Waals surface area (Å²) in [5, 5.41) is 0. The van der Waals surface area contributed by atoms with Gasteiger partial charge in [0.25, 0.3) is 15.8 Å². The third-order valence-electron chi connectivity index (χ3n) is 4.56. The summed E-state index contributed by atoms with van der Waals surface area (Å²) in [5.41, 5.74) is -0.236. The van der Waals surface area contributed by atoms with Crippen LogP contribution in [0.2, 0.25) is 0 Å². The third-order valence-corrected chi connectivity index (χ3v) is 6.12. The monoisotopic (exact) mass is 370 g/mol. The average molecular weight is 370 g/mol. The van der Waals surface area contributed by atoms with Crippen molar-refractivity contribution in [3.63, 3.8) is 0 Å². The first kappa shape index (κ1) is 19.6. The maximum absolute atomic E-state index is 12.6. The van der Waals surface area contributed by atoms with Gasteiger partial charge in [-0.15, -0.1) is 0 Å². The molecule has 25 heavy (non-hydrogen) atoms. The quantitative estimate of drug-likeness (QED) is 0.746. The van der Waals surface area contributed by atoms with Gasteiger partial charge in [-0.2, -0.15) is 17.4 Å². The van der Waals surface area contributed by atoms with Crippen LogP contribution in [0.3, 0.4) is 0 Å². The number of nitrogens with one attached hydrogen (secondary N) is 1. The molecule has 0 unspecified atom stereocenters. The Hall–Kier alpha value is -1.71. The van der Waals surface area contributed by atoms with E-state index in [0.717, 1.165) is 4.31 Å². The Bertz CT molecular complexity index is 772. The molecule has 1 N–H and O–H groups in total. The topological polar surface area (TPSA) is 91.7 Å². The molecule has 0 spiro atoms. The van der Waals surface area contributed by atoms with Crippen LogP contribution in [0.15, 0.2) is 29.2 Å². The van der Waals surface area contributed by atoms with E-state index in [2.05, 4.69) is 4.72 Å². The van der Waals surface area contributed by atoms with Crippen molar-refractivity contribution in [1.82, 2.24) is 18.5 Å². The number of nitrogens with zero attached hydrogens (tertiary/aromatic N) is 3. The van der Waals surface area contributed by atoms with Crippen molar-refractivity contribution in [1.29, 1.82) is 0 Å². The Labute approximate surface area is 148 Å². The second-order valence-corrected chi connectivity index (χ2v) is 8.80. The van der Waals surface area contributed by atoms with Gasteiger partial charge in [0.1, 0.15) is 6.54 Å². The molecule has 0 radical (unpaired) electrons. The van der Waals surface area contributed by atoms with Crippen LogP contribution in [-0.4, -0.2) is 61.3 Å². The van der Waals surface area contributed by atoms with E-state index in [4.69, 9.17) is 0 Å². The van der Waals surface area contributed by atoms with Crippen LogP contribution in [-0.2, 0) is 21.5 Å². The van der Waals surface area contributed by atoms with Crippen molar-refractivity contribution in [3.8, 4) is 0 Å². The Balaban J connectivity index is 2.12. The van der Waals surface area contributed by atoms with Crippen LogP contribution in [0.4, 0.5) is 0 Å². The molecule has 140 valence electrons. The van der Waals surface area contributed by atoms with Crippen LogP contribution in [0.1, 0.15) is 13.8 Å². The second-order valence-electron chi connectivity index (χ2n) is 6.89. The van der Waals surface area contributed by atoms with Crippen LogP contribution in [0.5, 0.6) is 0 Å². The van der Waals surface area contributed by atoms with Crippen LogP contribution in [0, 0.1) is 11.8 Å². The molecule has 1 aromatic heterocycles. The number of aromatic nitrogens is 1. The van der Waals surface area contributed by atoms with Crippen molar-refractivity contribution in [2.45, 2.75) is 26.4 Å². The zero-order valence-corrected chi connectivity index (χ0v) is 15.9. The minimum Gasteiger partial charge on any atom is -0.339 e. The molecular formula is C16H26N4O4S. The minimum atomic E-state index is -3.57. The fourth-order valence-corrected chi connectivity index (χ4v) is 3.81. The van der Waals surface area contributed by atoms with Gasteiger partial charge in [0.05, 0.1) is 0 Å². The van der Waals surface area contributed by atoms with E-state index in [9.17, 15) is 18.0 Å². The van der Waals surface area contributed by atoms with Crippen molar-refractivity contribution in [3.05, 3.63) is 34.7 Å². The van der Waals surface area contributed by atoms with Crippen LogP contribution in [0.25, 0.3) is 0 Å². The lowest BCUT2D eigenvalue weighted by Crippen LogP contribution is -2.47. The molecule has 0 aromatic carbocycles. The minimum absolute atomic E-state index is 0.0196. The number of amides is 1. The molecule has 1 aliphatic heterocycles. The molecular weight excluding hydrogens is 344 g/mol. The molecule has 0 saturated carbocycles. The van der Waals surface area contributed by atoms with Gasteiger partial charge in [0.15, 0.2) is 0 Å². The SMILES string of the molecule is CC(C)[C@@H]1CN(C(=O)Cn2ccccc2=O)C[C@H]1NS(=O)(=O)N(C)C. The number of carbonyl (C=O) groups is 1. The van der Waals surface area contributed by atoms with Crippen molar-refractivity contribution >= 4 is 16.1 Å². The smallest absolute Gasteiger partial charge is 0.279 e. The highest BCUT2D eigenvalue weighted by Gasteiger charge is 2.39. The fourth-order valence-electron chi connectivity index (χ4n) is 2.97. The fraction of sp³-hybridized carbons (Fsp3) is 0.625. The maximum Gasteiger partial charge on any atom is 0.279 e. The summed E-state index contributed by atoms with van der Waals surface area (Å²) in [5.74, 6) is 0.0452. The van der Waals surface area contributed by atoms with Gasteiger partial charge in [-0.3, -0.25) is 9.59 Å². The lowest BCUT2D eigenvalue weighted by Gasteiger charge is -2.24. The molecule has 0 bridgehead atoms. The number of carbonyl (C=O) groups excluding carboxylic acids is 1. The highest BCUT2D eigenvalue weighted by atomic mass is 32.2. The van der Waals surface area contributed by atoms with Crippen molar-refractivity contribution < 1.29 is 13.2 Å². The first-order valence-corrected chi connectivity index (χ1v) is 9.69. The third kappa shape index (κ3) is 4.68. The molecule has 9 heteroatoms. The lowest BCUT2D eigenvalue weighted by molar-refractivity contribution is -0.131. The molecule has 2 atom stereocenters. The molecule has 1 aromatic rings. The average Bonchev–Trinajstić information content (AvgIpc) is 2.93. The van der Waals surface area contributed by atoms with Gasteiger partial charge >= 0.3 is 0 Å². The highest BCUT2D eigenvalue weighted by molar-refractivity contribution is 7.87. The largest absolute Gasteiger partial charge is 0.339 e. The number of rotatable bonds is 6. The first-order chi connectivity index (χ1) is 11.6. The summed E-state index contributed by atoms with van der Waals surface area (Å²) in [6.45, 7) is 4.75. The standard InChI is InChI=1S/C16H26N4O4S/c1-12(2)13-9-20(10-14(13)17-25(23,24)18(3)4)16(22)11-19-8-6-5-7-15(19)21/h5-8,12-14,17H,9-11H2,1-4H3/t13-,14+/m0/s1. The predicted molar refractivity (Wildman–Crippen MR) is 95.1 cm³/mol. The van der Waals surface area contributed by atoms with E-state index in [-0.39, 0.29) is 35.9 Å². The first-order valence-electron chi connectivity index (χ1n) is 8.25. The molecule has 1 saturated heterocycles. The van der Waals surface area contributed by atoms with E-state index < -0.39 is 10.2 Å². The predicted octanol–water partition coefficient (Wildman–Crippen LogP) is -0.273. The Kier molecular flexibility index (Phi) is 6.02. The normalized spacial score (nSPS) is 21.3. The summed E-state index contributed by atoms with van der Waals surface area (Å²) in [6.07, 6.45) is 1.57. The molecule has 2 rings (SSSR count). The lowest BCUT2D eigenvalue weighted by atomic mass is 9.92. The van der Waals surface area contributed by atoms with E-state index in [1.165, 1.54) is 24.7 Å². The van der Waals surface area contributed by atoms with Crippen molar-refractivity contribution in [2.24, 2.45) is 11.8 Å². The number of likely N-dealkylation sites (tertiary alicyclic amines) is 1. The Morgan fingerprint density at radius 2 is 2.00 bits per heavy atom. The van der Waals surface area contributed by atoms with E-state index >= 15 is 0 Å². The van der Waals surface area contributed by atoms with Gasteiger partial charge in [0.2, 0.25) is 5.91 Å². The molecule has 1 aliphatic rings. The zero-order chi connectivity index (χ0) is 18.8. The molecule has 1 fully saturated rings. The summed E-state index contributed by atoms with van der Waals surface area (Å²) in [4.78, 5) is 26.0. The number of pyridine rings is 1. The summed E-state index contributed by atoms with van der Waals surface area (Å²) >= 11 is 0. The highest BCUT2D eigenvalue weighted by Crippen LogP contribution is 2.25.